The standard InChI is InChI=1S/C20H21NO2S/c1-22-18-7-6-17-12-19(24-20(17)13-18)16-4-2-15(3-5-16)14-21-8-10-23-11-9-21/h2-7,12-13H,8-11,14H2,1H3. The van der Waals surface area contributed by atoms with Gasteiger partial charge in [0, 0.05) is 29.2 Å². The summed E-state index contributed by atoms with van der Waals surface area (Å²) in [6.45, 7) is 4.76. The van der Waals surface area contributed by atoms with E-state index < -0.39 is 0 Å². The Balaban J connectivity index is 1.53. The Hall–Kier alpha value is -1.88. The van der Waals surface area contributed by atoms with Crippen LogP contribution >= 0.6 is 11.3 Å². The Morgan fingerprint density at radius 3 is 2.58 bits per heavy atom. The van der Waals surface area contributed by atoms with Crippen LogP contribution in [0.5, 0.6) is 5.75 Å². The van der Waals surface area contributed by atoms with Crippen LogP contribution in [0.2, 0.25) is 0 Å². The number of morpholine rings is 1. The van der Waals surface area contributed by atoms with Gasteiger partial charge in [0.15, 0.2) is 0 Å². The smallest absolute Gasteiger partial charge is 0.120 e. The van der Waals surface area contributed by atoms with Crippen molar-refractivity contribution >= 4 is 21.4 Å². The van der Waals surface area contributed by atoms with E-state index in [4.69, 9.17) is 9.47 Å². The minimum absolute atomic E-state index is 0.851. The van der Waals surface area contributed by atoms with Crippen molar-refractivity contribution in [2.24, 2.45) is 0 Å². The fourth-order valence-corrected chi connectivity index (χ4v) is 4.17. The van der Waals surface area contributed by atoms with Crippen LogP contribution in [0.25, 0.3) is 20.5 Å². The van der Waals surface area contributed by atoms with Crippen LogP contribution in [0.1, 0.15) is 5.56 Å². The number of thiophene rings is 1. The second kappa shape index (κ2) is 6.93. The molecule has 124 valence electrons. The molecule has 2 heterocycles. The zero-order valence-corrected chi connectivity index (χ0v) is 14.6. The van der Waals surface area contributed by atoms with E-state index >= 15 is 0 Å². The molecule has 0 spiro atoms. The maximum absolute atomic E-state index is 5.41. The number of hydrogen-bond donors (Lipinski definition) is 0. The van der Waals surface area contributed by atoms with Crippen molar-refractivity contribution in [3.05, 3.63) is 54.1 Å². The third-order valence-electron chi connectivity index (χ3n) is 4.48. The summed E-state index contributed by atoms with van der Waals surface area (Å²) in [5, 5.41) is 1.27. The number of methoxy groups -OCH3 is 1. The molecule has 0 N–H and O–H groups in total. The van der Waals surface area contributed by atoms with E-state index in [0.29, 0.717) is 0 Å². The molecule has 1 aliphatic rings. The van der Waals surface area contributed by atoms with Gasteiger partial charge in [0.05, 0.1) is 20.3 Å². The highest BCUT2D eigenvalue weighted by atomic mass is 32.1. The van der Waals surface area contributed by atoms with Crippen LogP contribution in [-0.4, -0.2) is 38.3 Å². The lowest BCUT2D eigenvalue weighted by molar-refractivity contribution is 0.0342. The van der Waals surface area contributed by atoms with Gasteiger partial charge in [-0.1, -0.05) is 24.3 Å². The Labute approximate surface area is 146 Å². The molecule has 0 radical (unpaired) electrons. The van der Waals surface area contributed by atoms with Crippen LogP contribution in [-0.2, 0) is 11.3 Å². The molecular formula is C20H21NO2S. The SMILES string of the molecule is COc1ccc2cc(-c3ccc(CN4CCOCC4)cc3)sc2c1. The Morgan fingerprint density at radius 2 is 1.83 bits per heavy atom. The number of benzene rings is 2. The van der Waals surface area contributed by atoms with E-state index in [-0.39, 0.29) is 0 Å². The fraction of sp³-hybridized carbons (Fsp3) is 0.300. The van der Waals surface area contributed by atoms with Crippen LogP contribution in [0.15, 0.2) is 48.5 Å². The van der Waals surface area contributed by atoms with Gasteiger partial charge in [-0.25, -0.2) is 0 Å². The highest BCUT2D eigenvalue weighted by molar-refractivity contribution is 7.22. The first-order chi connectivity index (χ1) is 11.8. The van der Waals surface area contributed by atoms with Gasteiger partial charge in [-0.15, -0.1) is 11.3 Å². The molecular weight excluding hydrogens is 318 g/mol. The molecule has 0 saturated carbocycles. The molecule has 0 atom stereocenters. The van der Waals surface area contributed by atoms with E-state index in [1.807, 2.05) is 17.4 Å². The maximum Gasteiger partial charge on any atom is 0.120 e. The Bertz CT molecular complexity index is 819. The van der Waals surface area contributed by atoms with Gasteiger partial charge in [-0.2, -0.15) is 0 Å². The van der Waals surface area contributed by atoms with Gasteiger partial charge in [-0.05, 0) is 40.8 Å². The molecule has 1 saturated heterocycles. The largest absolute Gasteiger partial charge is 0.497 e. The summed E-state index contributed by atoms with van der Waals surface area (Å²) >= 11 is 1.81. The van der Waals surface area contributed by atoms with Crippen molar-refractivity contribution in [3.63, 3.8) is 0 Å². The summed E-state index contributed by atoms with van der Waals surface area (Å²) < 4.78 is 12.0. The molecule has 1 fully saturated rings. The highest BCUT2D eigenvalue weighted by Crippen LogP contribution is 2.35. The Kier molecular flexibility index (Phi) is 4.52. The molecule has 4 heteroatoms. The Morgan fingerprint density at radius 1 is 1.04 bits per heavy atom. The van der Waals surface area contributed by atoms with Crippen LogP contribution in [0.3, 0.4) is 0 Å². The predicted octanol–water partition coefficient (Wildman–Crippen LogP) is 4.41. The van der Waals surface area contributed by atoms with Crippen LogP contribution in [0.4, 0.5) is 0 Å². The minimum Gasteiger partial charge on any atom is -0.497 e. The van der Waals surface area contributed by atoms with Crippen molar-refractivity contribution in [3.8, 4) is 16.2 Å². The average molecular weight is 339 g/mol. The second-order valence-corrected chi connectivity index (χ2v) is 7.18. The fourth-order valence-electron chi connectivity index (χ4n) is 3.07. The molecule has 0 aliphatic carbocycles. The van der Waals surface area contributed by atoms with Crippen LogP contribution in [0, 0.1) is 0 Å². The number of fused-ring (bicyclic) bond motifs is 1. The predicted molar refractivity (Wildman–Crippen MR) is 99.9 cm³/mol. The third-order valence-corrected chi connectivity index (χ3v) is 5.62. The topological polar surface area (TPSA) is 21.7 Å². The molecule has 1 aliphatic heterocycles. The van der Waals surface area contributed by atoms with Gasteiger partial charge < -0.3 is 9.47 Å². The van der Waals surface area contributed by atoms with Crippen LogP contribution < -0.4 is 4.74 Å². The summed E-state index contributed by atoms with van der Waals surface area (Å²) in [4.78, 5) is 3.75. The summed E-state index contributed by atoms with van der Waals surface area (Å²) in [5.74, 6) is 0.914. The third kappa shape index (κ3) is 3.31. The van der Waals surface area contributed by atoms with Gasteiger partial charge in [0.2, 0.25) is 0 Å². The molecule has 0 bridgehead atoms. The quantitative estimate of drug-likeness (QED) is 0.703. The monoisotopic (exact) mass is 339 g/mol. The van der Waals surface area contributed by atoms with Gasteiger partial charge in [-0.3, -0.25) is 4.90 Å². The maximum atomic E-state index is 5.41. The molecule has 3 aromatic rings. The lowest BCUT2D eigenvalue weighted by Crippen LogP contribution is -2.35. The van der Waals surface area contributed by atoms with Gasteiger partial charge in [0.25, 0.3) is 0 Å². The molecule has 3 nitrogen and oxygen atoms in total. The zero-order valence-electron chi connectivity index (χ0n) is 13.8. The van der Waals surface area contributed by atoms with Crippen molar-refractivity contribution < 1.29 is 9.47 Å². The lowest BCUT2D eigenvalue weighted by Gasteiger charge is -2.26. The molecule has 0 unspecified atom stereocenters. The van der Waals surface area contributed by atoms with E-state index in [9.17, 15) is 0 Å². The number of ether oxygens (including phenoxy) is 2. The van der Waals surface area contributed by atoms with E-state index in [0.717, 1.165) is 38.6 Å². The summed E-state index contributed by atoms with van der Waals surface area (Å²) in [7, 11) is 1.71. The normalized spacial score (nSPS) is 15.7. The first-order valence-electron chi connectivity index (χ1n) is 8.29. The number of nitrogens with zero attached hydrogens (tertiary/aromatic N) is 1. The molecule has 2 aromatic carbocycles. The van der Waals surface area contributed by atoms with Gasteiger partial charge >= 0.3 is 0 Å². The number of rotatable bonds is 4. The highest BCUT2D eigenvalue weighted by Gasteiger charge is 2.11. The molecule has 0 amide bonds. The van der Waals surface area contributed by atoms with Crippen molar-refractivity contribution in [1.29, 1.82) is 0 Å². The summed E-state index contributed by atoms with van der Waals surface area (Å²) in [6, 6.07) is 17.5. The minimum atomic E-state index is 0.851. The van der Waals surface area contributed by atoms with E-state index in [1.165, 1.54) is 26.1 Å². The summed E-state index contributed by atoms with van der Waals surface area (Å²) in [6.07, 6.45) is 0. The van der Waals surface area contributed by atoms with Crippen molar-refractivity contribution in [2.45, 2.75) is 6.54 Å². The van der Waals surface area contributed by atoms with Crippen molar-refractivity contribution in [1.82, 2.24) is 4.90 Å². The molecule has 1 aromatic heterocycles. The lowest BCUT2D eigenvalue weighted by atomic mass is 10.1. The summed E-state index contributed by atoms with van der Waals surface area (Å²) in [5.41, 5.74) is 2.64. The zero-order chi connectivity index (χ0) is 16.4. The van der Waals surface area contributed by atoms with Crippen molar-refractivity contribution in [2.75, 3.05) is 33.4 Å². The van der Waals surface area contributed by atoms with E-state index in [1.54, 1.807) is 7.11 Å². The molecule has 4 rings (SSSR count). The second-order valence-electron chi connectivity index (χ2n) is 6.10. The van der Waals surface area contributed by atoms with Gasteiger partial charge in [0.1, 0.15) is 5.75 Å². The first kappa shape index (κ1) is 15.6. The first-order valence-corrected chi connectivity index (χ1v) is 9.10. The molecule has 24 heavy (non-hydrogen) atoms. The van der Waals surface area contributed by atoms with E-state index in [2.05, 4.69) is 47.4 Å². The average Bonchev–Trinajstić information content (AvgIpc) is 3.06. The number of hydrogen-bond acceptors (Lipinski definition) is 4.